The van der Waals surface area contributed by atoms with E-state index in [0.29, 0.717) is 20.8 Å². The fourth-order valence-corrected chi connectivity index (χ4v) is 3.13. The van der Waals surface area contributed by atoms with Crippen LogP contribution in [-0.2, 0) is 16.0 Å². The molecule has 0 bridgehead atoms. The Bertz CT molecular complexity index is 516. The minimum absolute atomic E-state index is 0.124. The minimum atomic E-state index is -1.11. The molecule has 2 rings (SSSR count). The van der Waals surface area contributed by atoms with E-state index >= 15 is 0 Å². The summed E-state index contributed by atoms with van der Waals surface area (Å²) in [4.78, 5) is 14.3. The summed E-state index contributed by atoms with van der Waals surface area (Å²) in [5.41, 5.74) is -0.254. The summed E-state index contributed by atoms with van der Waals surface area (Å²) in [7, 11) is 1.69. The van der Waals surface area contributed by atoms with Crippen molar-refractivity contribution in [2.45, 2.75) is 24.3 Å². The second-order valence-electron chi connectivity index (χ2n) is 4.68. The van der Waals surface area contributed by atoms with Gasteiger partial charge in [-0.25, -0.2) is 0 Å². The number of ether oxygens (including phenoxy) is 1. The molecule has 0 radical (unpaired) electrons. The molecule has 1 atom stereocenters. The van der Waals surface area contributed by atoms with Crippen molar-refractivity contribution in [3.63, 3.8) is 0 Å². The zero-order valence-corrected chi connectivity index (χ0v) is 13.0. The summed E-state index contributed by atoms with van der Waals surface area (Å²) < 4.78 is 18.0. The molecule has 98 valence electrons. The first-order chi connectivity index (χ1) is 8.24. The van der Waals surface area contributed by atoms with Crippen molar-refractivity contribution in [1.82, 2.24) is 0 Å². The number of carbonyl (C=O) groups excluding carboxylic acids is 1. The summed E-state index contributed by atoms with van der Waals surface area (Å²) >= 11 is 2.30. The molecule has 0 fully saturated rings. The van der Waals surface area contributed by atoms with Crippen LogP contribution in [0, 0.1) is 0 Å². The number of rotatable bonds is 1. The highest BCUT2D eigenvalue weighted by Crippen LogP contribution is 2.43. The number of carbonyl (C=O) groups is 1. The number of hydrogen-bond acceptors (Lipinski definition) is 3. The lowest BCUT2D eigenvalue weighted by molar-refractivity contribution is -0.132. The van der Waals surface area contributed by atoms with Crippen LogP contribution < -0.4 is 9.64 Å². The summed E-state index contributed by atoms with van der Waals surface area (Å²) in [6.45, 7) is 3.46. The Morgan fingerprint density at radius 1 is 1.44 bits per heavy atom. The number of amides is 1. The molecule has 0 spiro atoms. The molecular weight excluding hydrogens is 318 g/mol. The molecule has 1 aliphatic heterocycles. The van der Waals surface area contributed by atoms with Gasteiger partial charge in [0, 0.05) is 19.2 Å². The van der Waals surface area contributed by atoms with Crippen molar-refractivity contribution in [3.8, 4) is 5.75 Å². The zero-order valence-electron chi connectivity index (χ0n) is 10.6. The van der Waals surface area contributed by atoms with E-state index in [1.165, 1.54) is 0 Å². The van der Waals surface area contributed by atoms with Crippen LogP contribution >= 0.6 is 15.9 Å². The van der Waals surface area contributed by atoms with Crippen LogP contribution in [0.3, 0.4) is 0 Å². The summed E-state index contributed by atoms with van der Waals surface area (Å²) in [5, 5.41) is 0. The van der Waals surface area contributed by atoms with Gasteiger partial charge in [-0.1, -0.05) is 0 Å². The number of likely N-dealkylation sites (N-methyl/N-ethyl adjacent to an activating group) is 1. The van der Waals surface area contributed by atoms with Gasteiger partial charge in [-0.15, -0.1) is 0 Å². The normalized spacial score (nSPS) is 19.2. The molecule has 4 nitrogen and oxygen atoms in total. The fourth-order valence-electron chi connectivity index (χ4n) is 1.88. The van der Waals surface area contributed by atoms with Crippen molar-refractivity contribution in [1.29, 1.82) is 0 Å². The SMILES string of the molecule is CN1C(=O)C(C)(C)Oc2c(Br)cc([S+](C)[O-])cc21. The predicted molar refractivity (Wildman–Crippen MR) is 74.6 cm³/mol. The van der Waals surface area contributed by atoms with Crippen LogP contribution in [0.2, 0.25) is 0 Å². The number of benzene rings is 1. The van der Waals surface area contributed by atoms with E-state index in [0.717, 1.165) is 0 Å². The Hall–Kier alpha value is -0.720. The molecule has 1 amide bonds. The molecule has 0 aliphatic carbocycles. The number of nitrogens with zero attached hydrogens (tertiary/aromatic N) is 1. The number of halogens is 1. The Balaban J connectivity index is 2.61. The Morgan fingerprint density at radius 3 is 2.61 bits per heavy atom. The van der Waals surface area contributed by atoms with Crippen molar-refractivity contribution in [2.24, 2.45) is 0 Å². The van der Waals surface area contributed by atoms with E-state index in [4.69, 9.17) is 4.74 Å². The Kier molecular flexibility index (Phi) is 3.38. The first kappa shape index (κ1) is 13.7. The van der Waals surface area contributed by atoms with Gasteiger partial charge in [0.1, 0.15) is 6.26 Å². The summed E-state index contributed by atoms with van der Waals surface area (Å²) in [6.07, 6.45) is 1.60. The van der Waals surface area contributed by atoms with E-state index in [1.807, 2.05) is 0 Å². The average Bonchev–Trinajstić information content (AvgIpc) is 2.27. The van der Waals surface area contributed by atoms with Crippen molar-refractivity contribution in [2.75, 3.05) is 18.2 Å². The van der Waals surface area contributed by atoms with Crippen molar-refractivity contribution < 1.29 is 14.1 Å². The van der Waals surface area contributed by atoms with Gasteiger partial charge >= 0.3 is 0 Å². The first-order valence-electron chi connectivity index (χ1n) is 5.38. The molecule has 0 aromatic heterocycles. The maximum atomic E-state index is 12.1. The van der Waals surface area contributed by atoms with Crippen LogP contribution in [-0.4, -0.2) is 29.4 Å². The van der Waals surface area contributed by atoms with Crippen molar-refractivity contribution >= 4 is 38.7 Å². The third-order valence-corrected chi connectivity index (χ3v) is 4.36. The Morgan fingerprint density at radius 2 is 2.06 bits per heavy atom. The van der Waals surface area contributed by atoms with Gasteiger partial charge in [0.2, 0.25) is 0 Å². The molecule has 6 heteroatoms. The first-order valence-corrected chi connectivity index (χ1v) is 7.73. The Labute approximate surface area is 118 Å². The zero-order chi connectivity index (χ0) is 13.7. The van der Waals surface area contributed by atoms with Gasteiger partial charge in [0.15, 0.2) is 16.2 Å². The highest BCUT2D eigenvalue weighted by molar-refractivity contribution is 9.10. The van der Waals surface area contributed by atoms with E-state index in [9.17, 15) is 9.35 Å². The topological polar surface area (TPSA) is 52.6 Å². The predicted octanol–water partition coefficient (Wildman–Crippen LogP) is 2.32. The highest BCUT2D eigenvalue weighted by Gasteiger charge is 2.40. The molecule has 1 heterocycles. The molecule has 0 saturated carbocycles. The quantitative estimate of drug-likeness (QED) is 0.742. The van der Waals surface area contributed by atoms with Crippen LogP contribution in [0.15, 0.2) is 21.5 Å². The van der Waals surface area contributed by atoms with E-state index < -0.39 is 16.8 Å². The standard InChI is InChI=1S/C12H14BrNO3S/c1-12(2)11(15)14(3)9-6-7(18(4)16)5-8(13)10(9)17-12/h5-6H,1-4H3. The van der Waals surface area contributed by atoms with Gasteiger partial charge in [0.25, 0.3) is 5.91 Å². The maximum absolute atomic E-state index is 12.1. The molecule has 1 aliphatic rings. The maximum Gasteiger partial charge on any atom is 0.270 e. The lowest BCUT2D eigenvalue weighted by atomic mass is 10.0. The molecule has 1 aromatic carbocycles. The monoisotopic (exact) mass is 331 g/mol. The minimum Gasteiger partial charge on any atom is -0.612 e. The third kappa shape index (κ3) is 2.13. The number of fused-ring (bicyclic) bond motifs is 1. The molecule has 0 saturated heterocycles. The molecular formula is C12H14BrNO3S. The van der Waals surface area contributed by atoms with Crippen LogP contribution in [0.1, 0.15) is 13.8 Å². The highest BCUT2D eigenvalue weighted by atomic mass is 79.9. The van der Waals surface area contributed by atoms with Gasteiger partial charge in [-0.05, 0) is 41.0 Å². The van der Waals surface area contributed by atoms with Gasteiger partial charge in [-0.3, -0.25) is 4.79 Å². The second-order valence-corrected chi connectivity index (χ2v) is 6.92. The van der Waals surface area contributed by atoms with Gasteiger partial charge in [-0.2, -0.15) is 0 Å². The van der Waals surface area contributed by atoms with Crippen molar-refractivity contribution in [3.05, 3.63) is 16.6 Å². The molecule has 0 N–H and O–H groups in total. The van der Waals surface area contributed by atoms with Crippen LogP contribution in [0.25, 0.3) is 0 Å². The van der Waals surface area contributed by atoms with Crippen LogP contribution in [0.4, 0.5) is 5.69 Å². The fraction of sp³-hybridized carbons (Fsp3) is 0.417. The lowest BCUT2D eigenvalue weighted by Gasteiger charge is -2.37. The van der Waals surface area contributed by atoms with E-state index in [1.54, 1.807) is 44.2 Å². The number of hydrogen-bond donors (Lipinski definition) is 0. The smallest absolute Gasteiger partial charge is 0.270 e. The molecule has 1 aromatic rings. The third-order valence-electron chi connectivity index (χ3n) is 2.87. The average molecular weight is 332 g/mol. The molecule has 18 heavy (non-hydrogen) atoms. The summed E-state index contributed by atoms with van der Waals surface area (Å²) in [6, 6.07) is 3.48. The van der Waals surface area contributed by atoms with Gasteiger partial charge in [0.05, 0.1) is 10.2 Å². The number of anilines is 1. The molecule has 1 unspecified atom stereocenters. The second kappa shape index (κ2) is 4.43. The van der Waals surface area contributed by atoms with Crippen LogP contribution in [0.5, 0.6) is 5.75 Å². The van der Waals surface area contributed by atoms with Gasteiger partial charge < -0.3 is 14.2 Å². The largest absolute Gasteiger partial charge is 0.612 e. The summed E-state index contributed by atoms with van der Waals surface area (Å²) in [5.74, 6) is 0.484. The van der Waals surface area contributed by atoms with E-state index in [2.05, 4.69) is 15.9 Å². The lowest BCUT2D eigenvalue weighted by Crippen LogP contribution is -2.51. The van der Waals surface area contributed by atoms with E-state index in [-0.39, 0.29) is 5.91 Å².